The van der Waals surface area contributed by atoms with Crippen molar-refractivity contribution in [3.8, 4) is 5.75 Å². The van der Waals surface area contributed by atoms with Crippen LogP contribution in [0.3, 0.4) is 0 Å². The molecule has 1 unspecified atom stereocenters. The molecule has 27 heavy (non-hydrogen) atoms. The first kappa shape index (κ1) is 19.0. The maximum atomic E-state index is 13.0. The van der Waals surface area contributed by atoms with Gasteiger partial charge < -0.3 is 15.0 Å². The fraction of sp³-hybridized carbons (Fsp3) is 0.471. The van der Waals surface area contributed by atoms with Gasteiger partial charge in [0.25, 0.3) is 0 Å². The second kappa shape index (κ2) is 7.45. The number of halogens is 3. The molecule has 0 aliphatic carbocycles. The molecule has 146 valence electrons. The average molecular weight is 383 g/mol. The molecule has 1 aliphatic rings. The zero-order chi connectivity index (χ0) is 19.6. The molecule has 2 heterocycles. The Hall–Kier alpha value is -2.78. The van der Waals surface area contributed by atoms with Gasteiger partial charge in [0.1, 0.15) is 11.6 Å². The summed E-state index contributed by atoms with van der Waals surface area (Å²) in [7, 11) is 0. The lowest BCUT2D eigenvalue weighted by atomic mass is 10.1. The van der Waals surface area contributed by atoms with E-state index in [2.05, 4.69) is 20.5 Å². The Morgan fingerprint density at radius 2 is 2.22 bits per heavy atom. The number of H-pyrrole nitrogens is 1. The first-order valence-electron chi connectivity index (χ1n) is 8.60. The van der Waals surface area contributed by atoms with Crippen molar-refractivity contribution in [1.29, 1.82) is 0 Å². The molecule has 1 fully saturated rings. The van der Waals surface area contributed by atoms with Crippen molar-refractivity contribution in [2.45, 2.75) is 38.9 Å². The molecule has 0 saturated carbocycles. The van der Waals surface area contributed by atoms with Crippen LogP contribution in [0.5, 0.6) is 5.75 Å². The average Bonchev–Trinajstić information content (AvgIpc) is 3.24. The van der Waals surface area contributed by atoms with Crippen LogP contribution in [0.25, 0.3) is 0 Å². The zero-order valence-electron chi connectivity index (χ0n) is 14.9. The van der Waals surface area contributed by atoms with E-state index in [1.165, 1.54) is 11.0 Å². The molecule has 1 aromatic carbocycles. The standard InChI is InChI=1S/C17H20F3N5O2/c1-3-27-14-7-6-11(17(18,19)20)9-12(14)22-16(26)25-8-4-5-13(25)15-21-10(2)23-24-15/h6-7,9,13H,3-5,8H2,1-2H3,(H,22,26)(H,21,23,24). The minimum Gasteiger partial charge on any atom is -0.492 e. The van der Waals surface area contributed by atoms with Gasteiger partial charge in [-0.1, -0.05) is 0 Å². The smallest absolute Gasteiger partial charge is 0.416 e. The summed E-state index contributed by atoms with van der Waals surface area (Å²) >= 11 is 0. The molecule has 0 radical (unpaired) electrons. The van der Waals surface area contributed by atoms with Gasteiger partial charge in [0.2, 0.25) is 0 Å². The van der Waals surface area contributed by atoms with Gasteiger partial charge in [-0.15, -0.1) is 0 Å². The number of carbonyl (C=O) groups is 1. The quantitative estimate of drug-likeness (QED) is 0.839. The van der Waals surface area contributed by atoms with Gasteiger partial charge in [0, 0.05) is 6.54 Å². The molecule has 0 bridgehead atoms. The second-order valence-electron chi connectivity index (χ2n) is 6.20. The first-order valence-corrected chi connectivity index (χ1v) is 8.60. The number of urea groups is 1. The van der Waals surface area contributed by atoms with Gasteiger partial charge in [-0.25, -0.2) is 9.78 Å². The number of ether oxygens (including phenoxy) is 1. The van der Waals surface area contributed by atoms with Crippen LogP contribution >= 0.6 is 0 Å². The maximum Gasteiger partial charge on any atom is 0.416 e. The molecule has 10 heteroatoms. The number of aromatic amines is 1. The molecular formula is C17H20F3N5O2. The third-order valence-electron chi connectivity index (χ3n) is 4.27. The van der Waals surface area contributed by atoms with E-state index in [1.54, 1.807) is 13.8 Å². The Morgan fingerprint density at radius 3 is 2.85 bits per heavy atom. The molecule has 0 spiro atoms. The Bertz CT molecular complexity index is 821. The van der Waals surface area contributed by atoms with E-state index in [4.69, 9.17) is 4.74 Å². The third kappa shape index (κ3) is 4.15. The number of nitrogens with one attached hydrogen (secondary N) is 2. The Balaban J connectivity index is 1.83. The van der Waals surface area contributed by atoms with Crippen LogP contribution in [0.2, 0.25) is 0 Å². The van der Waals surface area contributed by atoms with Crippen molar-refractivity contribution in [1.82, 2.24) is 20.1 Å². The number of alkyl halides is 3. The monoisotopic (exact) mass is 383 g/mol. The summed E-state index contributed by atoms with van der Waals surface area (Å²) in [5.74, 6) is 1.31. The van der Waals surface area contributed by atoms with Gasteiger partial charge in [-0.2, -0.15) is 18.3 Å². The maximum absolute atomic E-state index is 13.0. The number of carbonyl (C=O) groups excluding carboxylic acids is 1. The number of nitrogens with zero attached hydrogens (tertiary/aromatic N) is 3. The first-order chi connectivity index (χ1) is 12.8. The van der Waals surface area contributed by atoms with E-state index in [0.717, 1.165) is 18.6 Å². The van der Waals surface area contributed by atoms with E-state index >= 15 is 0 Å². The minimum atomic E-state index is -4.52. The van der Waals surface area contributed by atoms with E-state index in [0.29, 0.717) is 24.6 Å². The summed E-state index contributed by atoms with van der Waals surface area (Å²) < 4.78 is 44.4. The van der Waals surface area contributed by atoms with Crippen LogP contribution in [0.4, 0.5) is 23.7 Å². The molecular weight excluding hydrogens is 363 g/mol. The van der Waals surface area contributed by atoms with Gasteiger partial charge in [0.15, 0.2) is 5.82 Å². The molecule has 1 aromatic heterocycles. The van der Waals surface area contributed by atoms with E-state index in [1.807, 2.05) is 0 Å². The molecule has 7 nitrogen and oxygen atoms in total. The normalized spacial score (nSPS) is 17.2. The van der Waals surface area contributed by atoms with Crippen LogP contribution in [-0.2, 0) is 6.18 Å². The summed E-state index contributed by atoms with van der Waals surface area (Å²) in [4.78, 5) is 18.5. The van der Waals surface area contributed by atoms with Crippen LogP contribution in [-0.4, -0.2) is 39.3 Å². The van der Waals surface area contributed by atoms with E-state index in [9.17, 15) is 18.0 Å². The van der Waals surface area contributed by atoms with Crippen molar-refractivity contribution < 1.29 is 22.7 Å². The van der Waals surface area contributed by atoms with Crippen molar-refractivity contribution in [2.24, 2.45) is 0 Å². The number of amides is 2. The number of hydrogen-bond acceptors (Lipinski definition) is 4. The van der Waals surface area contributed by atoms with Gasteiger partial charge in [0.05, 0.1) is 23.9 Å². The predicted octanol–water partition coefficient (Wildman–Crippen LogP) is 3.90. The topological polar surface area (TPSA) is 83.1 Å². The number of aromatic nitrogens is 3. The van der Waals surface area contributed by atoms with Crippen molar-refractivity contribution in [2.75, 3.05) is 18.5 Å². The summed E-state index contributed by atoms with van der Waals surface area (Å²) in [6, 6.07) is 2.18. The molecule has 1 saturated heterocycles. The molecule has 2 amide bonds. The van der Waals surface area contributed by atoms with Crippen molar-refractivity contribution >= 4 is 11.7 Å². The lowest BCUT2D eigenvalue weighted by Gasteiger charge is -2.24. The number of aryl methyl sites for hydroxylation is 1. The minimum absolute atomic E-state index is 0.0199. The van der Waals surface area contributed by atoms with Crippen molar-refractivity contribution in [3.63, 3.8) is 0 Å². The molecule has 1 atom stereocenters. The molecule has 3 rings (SSSR count). The predicted molar refractivity (Wildman–Crippen MR) is 91.4 cm³/mol. The van der Waals surface area contributed by atoms with Crippen LogP contribution in [0.15, 0.2) is 18.2 Å². The number of benzene rings is 1. The van der Waals surface area contributed by atoms with Gasteiger partial charge in [-0.05, 0) is 44.9 Å². The summed E-state index contributed by atoms with van der Waals surface area (Å²) in [6.07, 6.45) is -3.07. The van der Waals surface area contributed by atoms with Crippen LogP contribution < -0.4 is 10.1 Å². The Morgan fingerprint density at radius 1 is 1.44 bits per heavy atom. The van der Waals surface area contributed by atoms with E-state index in [-0.39, 0.29) is 24.1 Å². The summed E-state index contributed by atoms with van der Waals surface area (Å²) in [6.45, 7) is 4.20. The van der Waals surface area contributed by atoms with Crippen LogP contribution in [0.1, 0.15) is 43.0 Å². The highest BCUT2D eigenvalue weighted by molar-refractivity contribution is 5.91. The number of hydrogen-bond donors (Lipinski definition) is 2. The highest BCUT2D eigenvalue weighted by atomic mass is 19.4. The fourth-order valence-electron chi connectivity index (χ4n) is 3.06. The van der Waals surface area contributed by atoms with Crippen molar-refractivity contribution in [3.05, 3.63) is 35.4 Å². The number of rotatable bonds is 4. The lowest BCUT2D eigenvalue weighted by molar-refractivity contribution is -0.137. The molecule has 2 N–H and O–H groups in total. The number of likely N-dealkylation sites (tertiary alicyclic amines) is 1. The van der Waals surface area contributed by atoms with Gasteiger partial charge in [-0.3, -0.25) is 5.10 Å². The summed E-state index contributed by atoms with van der Waals surface area (Å²) in [5.41, 5.74) is -0.877. The van der Waals surface area contributed by atoms with E-state index < -0.39 is 17.8 Å². The Kier molecular flexibility index (Phi) is 5.24. The second-order valence-corrected chi connectivity index (χ2v) is 6.20. The highest BCUT2D eigenvalue weighted by Crippen LogP contribution is 2.36. The number of anilines is 1. The third-order valence-corrected chi connectivity index (χ3v) is 4.27. The van der Waals surface area contributed by atoms with Crippen LogP contribution in [0, 0.1) is 6.92 Å². The Labute approximate surface area is 153 Å². The highest BCUT2D eigenvalue weighted by Gasteiger charge is 2.34. The SMILES string of the molecule is CCOc1ccc(C(F)(F)F)cc1NC(=O)N1CCCC1c1n[nH]c(C)n1. The van der Waals surface area contributed by atoms with Gasteiger partial charge >= 0.3 is 12.2 Å². The lowest BCUT2D eigenvalue weighted by Crippen LogP contribution is -2.35. The largest absolute Gasteiger partial charge is 0.492 e. The zero-order valence-corrected chi connectivity index (χ0v) is 14.9. The molecule has 2 aromatic rings. The fourth-order valence-corrected chi connectivity index (χ4v) is 3.06. The molecule has 1 aliphatic heterocycles. The summed E-state index contributed by atoms with van der Waals surface area (Å²) in [5, 5.41) is 9.39.